The van der Waals surface area contributed by atoms with Gasteiger partial charge in [0, 0.05) is 43.7 Å². The van der Waals surface area contributed by atoms with Crippen LogP contribution in [0.1, 0.15) is 29.2 Å². The number of carbonyl (C=O) groups is 1. The summed E-state index contributed by atoms with van der Waals surface area (Å²) in [7, 11) is 0. The average Bonchev–Trinajstić information content (AvgIpc) is 3.16. The van der Waals surface area contributed by atoms with Gasteiger partial charge >= 0.3 is 0 Å². The lowest BCUT2D eigenvalue weighted by Crippen LogP contribution is -2.25. The van der Waals surface area contributed by atoms with Crippen LogP contribution < -0.4 is 5.32 Å². The van der Waals surface area contributed by atoms with E-state index in [4.69, 9.17) is 0 Å². The van der Waals surface area contributed by atoms with Crippen molar-refractivity contribution >= 4 is 11.6 Å². The summed E-state index contributed by atoms with van der Waals surface area (Å²) in [5, 5.41) is 2.90. The Hall–Kier alpha value is -3.54. The van der Waals surface area contributed by atoms with Crippen LogP contribution in [0.3, 0.4) is 0 Å². The summed E-state index contributed by atoms with van der Waals surface area (Å²) in [6, 6.07) is 15.9. The molecule has 0 radical (unpaired) electrons. The maximum atomic E-state index is 14.6. The Morgan fingerprint density at radius 3 is 2.75 bits per heavy atom. The first-order chi connectivity index (χ1) is 13.7. The predicted octanol–water partition coefficient (Wildman–Crippen LogP) is 3.71. The molecule has 0 fully saturated rings. The van der Waals surface area contributed by atoms with Crippen molar-refractivity contribution in [2.24, 2.45) is 0 Å². The number of benzene rings is 1. The molecule has 1 N–H and O–H groups in total. The summed E-state index contributed by atoms with van der Waals surface area (Å²) in [6.45, 7) is 0.379. The van der Waals surface area contributed by atoms with Crippen molar-refractivity contribution in [1.82, 2.24) is 19.7 Å². The number of carbonyl (C=O) groups excluding carboxylic acids is 1. The summed E-state index contributed by atoms with van der Waals surface area (Å²) >= 11 is 0. The quantitative estimate of drug-likeness (QED) is 0.560. The van der Waals surface area contributed by atoms with Crippen molar-refractivity contribution in [2.75, 3.05) is 0 Å². The van der Waals surface area contributed by atoms with E-state index in [-0.39, 0.29) is 18.1 Å². The lowest BCUT2D eigenvalue weighted by molar-refractivity contribution is -0.121. The van der Waals surface area contributed by atoms with E-state index in [0.717, 1.165) is 16.9 Å². The van der Waals surface area contributed by atoms with Crippen LogP contribution >= 0.6 is 0 Å². The van der Waals surface area contributed by atoms with Crippen molar-refractivity contribution in [3.05, 3.63) is 102 Å². The van der Waals surface area contributed by atoms with Gasteiger partial charge in [-0.05, 0) is 35.4 Å². The Balaban J connectivity index is 1.62. The highest BCUT2D eigenvalue weighted by molar-refractivity contribution is 5.77. The molecule has 3 aromatic heterocycles. The normalized spacial score (nSPS) is 12.0. The zero-order valence-corrected chi connectivity index (χ0v) is 15.1. The molecule has 5 nitrogen and oxygen atoms in total. The number of aromatic nitrogens is 3. The Bertz CT molecular complexity index is 1090. The summed E-state index contributed by atoms with van der Waals surface area (Å²) in [4.78, 5) is 21.1. The van der Waals surface area contributed by atoms with Gasteiger partial charge in [-0.25, -0.2) is 9.37 Å². The fraction of sp³-hybridized carbons (Fsp3) is 0.136. The number of hydrogen-bond acceptors (Lipinski definition) is 3. The van der Waals surface area contributed by atoms with E-state index < -0.39 is 5.92 Å². The number of rotatable bonds is 6. The highest BCUT2D eigenvalue weighted by Crippen LogP contribution is 2.30. The predicted molar refractivity (Wildman–Crippen MR) is 104 cm³/mol. The number of hydrogen-bond donors (Lipinski definition) is 1. The minimum Gasteiger partial charge on any atom is -0.352 e. The zero-order chi connectivity index (χ0) is 19.3. The van der Waals surface area contributed by atoms with E-state index in [1.165, 1.54) is 6.07 Å². The molecule has 1 aromatic carbocycles. The van der Waals surface area contributed by atoms with Crippen LogP contribution in [0, 0.1) is 5.82 Å². The van der Waals surface area contributed by atoms with Gasteiger partial charge in [0.1, 0.15) is 11.5 Å². The summed E-state index contributed by atoms with van der Waals surface area (Å²) < 4.78 is 16.5. The highest BCUT2D eigenvalue weighted by atomic mass is 19.1. The van der Waals surface area contributed by atoms with Gasteiger partial charge in [0.15, 0.2) is 0 Å². The summed E-state index contributed by atoms with van der Waals surface area (Å²) in [5.41, 5.74) is 2.92. The Morgan fingerprint density at radius 2 is 1.93 bits per heavy atom. The van der Waals surface area contributed by atoms with Crippen molar-refractivity contribution in [1.29, 1.82) is 0 Å². The molecule has 1 amide bonds. The molecule has 4 aromatic rings. The van der Waals surface area contributed by atoms with Crippen molar-refractivity contribution in [3.63, 3.8) is 0 Å². The molecule has 0 aliphatic heterocycles. The Kier molecular flexibility index (Phi) is 5.10. The number of halogens is 1. The molecule has 1 unspecified atom stereocenters. The second-order valence-electron chi connectivity index (χ2n) is 6.53. The third kappa shape index (κ3) is 3.76. The third-order valence-electron chi connectivity index (χ3n) is 4.69. The van der Waals surface area contributed by atoms with Crippen LogP contribution in [-0.2, 0) is 11.3 Å². The molecular formula is C22H19FN4O. The average molecular weight is 374 g/mol. The molecule has 0 spiro atoms. The van der Waals surface area contributed by atoms with E-state index in [2.05, 4.69) is 15.3 Å². The second kappa shape index (κ2) is 8.00. The van der Waals surface area contributed by atoms with Gasteiger partial charge in [-0.3, -0.25) is 9.78 Å². The number of pyridine rings is 2. The first-order valence-electron chi connectivity index (χ1n) is 9.04. The van der Waals surface area contributed by atoms with Gasteiger partial charge in [-0.15, -0.1) is 0 Å². The maximum Gasteiger partial charge on any atom is 0.221 e. The van der Waals surface area contributed by atoms with Crippen molar-refractivity contribution < 1.29 is 9.18 Å². The van der Waals surface area contributed by atoms with Crippen molar-refractivity contribution in [2.45, 2.75) is 18.9 Å². The second-order valence-corrected chi connectivity index (χ2v) is 6.53. The standard InChI is InChI=1S/C22H19FN4O/c23-19-8-2-1-7-17(19)18(20-15-25-21-9-3-4-11-27(20)21)12-22(28)26-14-16-6-5-10-24-13-16/h1-11,13,15,18H,12,14H2,(H,26,28). The van der Waals surface area contributed by atoms with E-state index in [1.807, 2.05) is 40.9 Å². The molecule has 0 bridgehead atoms. The molecule has 28 heavy (non-hydrogen) atoms. The highest BCUT2D eigenvalue weighted by Gasteiger charge is 2.24. The first-order valence-corrected chi connectivity index (χ1v) is 9.04. The Morgan fingerprint density at radius 1 is 1.07 bits per heavy atom. The number of amides is 1. The van der Waals surface area contributed by atoms with E-state index in [9.17, 15) is 9.18 Å². The smallest absolute Gasteiger partial charge is 0.221 e. The summed E-state index contributed by atoms with van der Waals surface area (Å²) in [5.74, 6) is -0.950. The SMILES string of the molecule is O=C(CC(c1ccccc1F)c1cnc2ccccn12)NCc1cccnc1. The molecule has 0 saturated carbocycles. The molecule has 0 aliphatic carbocycles. The minimum atomic E-state index is -0.451. The fourth-order valence-electron chi connectivity index (χ4n) is 3.30. The van der Waals surface area contributed by atoms with Crippen LogP contribution in [0.25, 0.3) is 5.65 Å². The van der Waals surface area contributed by atoms with Crippen LogP contribution in [0.4, 0.5) is 4.39 Å². The van der Waals surface area contributed by atoms with Gasteiger partial charge in [0.2, 0.25) is 5.91 Å². The molecule has 1 atom stereocenters. The van der Waals surface area contributed by atoms with Gasteiger partial charge in [0.05, 0.1) is 5.69 Å². The fourth-order valence-corrected chi connectivity index (χ4v) is 3.30. The van der Waals surface area contributed by atoms with Crippen LogP contribution in [0.5, 0.6) is 0 Å². The molecule has 6 heteroatoms. The monoisotopic (exact) mass is 374 g/mol. The lowest BCUT2D eigenvalue weighted by Gasteiger charge is -2.18. The number of imidazole rings is 1. The van der Waals surface area contributed by atoms with E-state index >= 15 is 0 Å². The molecule has 140 valence electrons. The first kappa shape index (κ1) is 17.9. The van der Waals surface area contributed by atoms with E-state index in [0.29, 0.717) is 12.1 Å². The van der Waals surface area contributed by atoms with E-state index in [1.54, 1.807) is 36.8 Å². The molecule has 0 saturated heterocycles. The number of fused-ring (bicyclic) bond motifs is 1. The molecular weight excluding hydrogens is 355 g/mol. The van der Waals surface area contributed by atoms with Gasteiger partial charge in [0.25, 0.3) is 0 Å². The molecule has 3 heterocycles. The molecule has 0 aliphatic rings. The third-order valence-corrected chi connectivity index (χ3v) is 4.69. The topological polar surface area (TPSA) is 59.3 Å². The van der Waals surface area contributed by atoms with Gasteiger partial charge in [-0.2, -0.15) is 0 Å². The van der Waals surface area contributed by atoms with Crippen LogP contribution in [0.2, 0.25) is 0 Å². The van der Waals surface area contributed by atoms with Gasteiger partial charge in [-0.1, -0.05) is 30.3 Å². The largest absolute Gasteiger partial charge is 0.352 e. The number of nitrogens with one attached hydrogen (secondary N) is 1. The van der Waals surface area contributed by atoms with Crippen LogP contribution in [-0.4, -0.2) is 20.3 Å². The Labute approximate surface area is 161 Å². The maximum absolute atomic E-state index is 14.6. The minimum absolute atomic E-state index is 0.115. The zero-order valence-electron chi connectivity index (χ0n) is 15.1. The number of nitrogens with zero attached hydrogens (tertiary/aromatic N) is 3. The van der Waals surface area contributed by atoms with Crippen molar-refractivity contribution in [3.8, 4) is 0 Å². The van der Waals surface area contributed by atoms with Gasteiger partial charge < -0.3 is 9.72 Å². The van der Waals surface area contributed by atoms with Crippen LogP contribution in [0.15, 0.2) is 79.4 Å². The summed E-state index contributed by atoms with van der Waals surface area (Å²) in [6.07, 6.45) is 7.09. The lowest BCUT2D eigenvalue weighted by atomic mass is 9.92. The molecule has 4 rings (SSSR count).